The number of dihydropyridines is 1. The van der Waals surface area contributed by atoms with Crippen LogP contribution in [-0.2, 0) is 7.05 Å². The van der Waals surface area contributed by atoms with E-state index in [0.29, 0.717) is 12.1 Å². The summed E-state index contributed by atoms with van der Waals surface area (Å²) >= 11 is 0. The third-order valence-corrected chi connectivity index (χ3v) is 4.65. The van der Waals surface area contributed by atoms with E-state index < -0.39 is 0 Å². The second-order valence-corrected chi connectivity index (χ2v) is 6.22. The number of carbonyl (C=O) groups excluding carboxylic acids is 1. The molecule has 0 saturated carbocycles. The maximum atomic E-state index is 12.9. The first-order valence-electron chi connectivity index (χ1n) is 7.96. The number of aliphatic imine (C=N–C) groups is 1. The van der Waals surface area contributed by atoms with Gasteiger partial charge in [0, 0.05) is 55.8 Å². The minimum absolute atomic E-state index is 0.102. The highest BCUT2D eigenvalue weighted by Crippen LogP contribution is 2.29. The van der Waals surface area contributed by atoms with Crippen molar-refractivity contribution < 1.29 is 4.79 Å². The van der Waals surface area contributed by atoms with Gasteiger partial charge in [-0.05, 0) is 11.6 Å². The number of aromatic nitrogens is 2. The van der Waals surface area contributed by atoms with Crippen molar-refractivity contribution in [3.05, 3.63) is 54.0 Å². The molecule has 0 aliphatic carbocycles. The van der Waals surface area contributed by atoms with Crippen molar-refractivity contribution >= 4 is 12.0 Å². The van der Waals surface area contributed by atoms with Gasteiger partial charge in [-0.25, -0.2) is 5.43 Å². The van der Waals surface area contributed by atoms with Gasteiger partial charge in [0.2, 0.25) is 0 Å². The van der Waals surface area contributed by atoms with Gasteiger partial charge in [-0.1, -0.05) is 24.3 Å². The average Bonchev–Trinajstić information content (AvgIpc) is 3.19. The molecule has 0 radical (unpaired) electrons. The van der Waals surface area contributed by atoms with Crippen molar-refractivity contribution in [3.63, 3.8) is 0 Å². The third-order valence-electron chi connectivity index (χ3n) is 4.65. The maximum Gasteiger partial charge on any atom is 0.182 e. The summed E-state index contributed by atoms with van der Waals surface area (Å²) in [5.41, 5.74) is 7.20. The van der Waals surface area contributed by atoms with Crippen molar-refractivity contribution in [2.45, 2.75) is 6.04 Å². The Morgan fingerprint density at radius 1 is 1.21 bits per heavy atom. The van der Waals surface area contributed by atoms with Crippen LogP contribution in [0.5, 0.6) is 0 Å². The number of hydrogen-bond donors (Lipinski definition) is 1. The molecule has 2 aromatic rings. The van der Waals surface area contributed by atoms with Crippen LogP contribution in [0.2, 0.25) is 0 Å². The molecule has 4 rings (SSSR count). The van der Waals surface area contributed by atoms with Gasteiger partial charge in [0.05, 0.1) is 12.2 Å². The molecule has 0 spiro atoms. The van der Waals surface area contributed by atoms with Gasteiger partial charge >= 0.3 is 0 Å². The number of hydrazine groups is 1. The number of nitrogens with zero attached hydrogens (tertiary/aromatic N) is 4. The standard InChI is InChI=1S/C18H19N5O/c1-22-11-14(9-20-22)12-3-5-13(6-4-12)18(24)17-15-10-19-8-7-16(15)23(2)21-17/h3-9,11,15,17,21H,10H2,1-2H3. The number of rotatable bonds is 3. The van der Waals surface area contributed by atoms with E-state index in [1.54, 1.807) is 10.9 Å². The summed E-state index contributed by atoms with van der Waals surface area (Å²) in [7, 11) is 3.83. The number of ketones is 1. The van der Waals surface area contributed by atoms with Crippen LogP contribution in [0.15, 0.2) is 53.4 Å². The predicted molar refractivity (Wildman–Crippen MR) is 92.6 cm³/mol. The molecule has 2 atom stereocenters. The number of benzene rings is 1. The van der Waals surface area contributed by atoms with Gasteiger partial charge in [-0.3, -0.25) is 14.5 Å². The highest BCUT2D eigenvalue weighted by molar-refractivity contribution is 6.01. The van der Waals surface area contributed by atoms with E-state index >= 15 is 0 Å². The molecular formula is C18H19N5O. The fourth-order valence-corrected chi connectivity index (χ4v) is 3.35. The summed E-state index contributed by atoms with van der Waals surface area (Å²) < 4.78 is 1.77. The number of Topliss-reactive ketones (excluding diaryl/α,β-unsaturated/α-hetero) is 1. The lowest BCUT2D eigenvalue weighted by Crippen LogP contribution is -2.40. The number of hydrogen-bond acceptors (Lipinski definition) is 5. The molecular weight excluding hydrogens is 302 g/mol. The number of aryl methyl sites for hydroxylation is 1. The molecule has 122 valence electrons. The van der Waals surface area contributed by atoms with Crippen LogP contribution in [0, 0.1) is 5.92 Å². The zero-order valence-corrected chi connectivity index (χ0v) is 13.7. The van der Waals surface area contributed by atoms with E-state index in [1.807, 2.05) is 61.8 Å². The van der Waals surface area contributed by atoms with Crippen LogP contribution in [0.3, 0.4) is 0 Å². The quantitative estimate of drug-likeness (QED) is 0.874. The van der Waals surface area contributed by atoms with E-state index in [-0.39, 0.29) is 17.7 Å². The monoisotopic (exact) mass is 321 g/mol. The first-order chi connectivity index (χ1) is 11.6. The zero-order chi connectivity index (χ0) is 16.7. The Morgan fingerprint density at radius 3 is 2.71 bits per heavy atom. The molecule has 1 aromatic heterocycles. The number of carbonyl (C=O) groups is 1. The van der Waals surface area contributed by atoms with E-state index in [0.717, 1.165) is 16.8 Å². The highest BCUT2D eigenvalue weighted by atomic mass is 16.1. The number of fused-ring (bicyclic) bond motifs is 1. The van der Waals surface area contributed by atoms with Crippen LogP contribution in [0.25, 0.3) is 11.1 Å². The summed E-state index contributed by atoms with van der Waals surface area (Å²) in [6.07, 6.45) is 7.56. The molecule has 6 nitrogen and oxygen atoms in total. The Morgan fingerprint density at radius 2 is 2.00 bits per heavy atom. The predicted octanol–water partition coefficient (Wildman–Crippen LogP) is 1.67. The molecule has 0 bridgehead atoms. The molecule has 1 aromatic carbocycles. The first kappa shape index (κ1) is 14.8. The Bertz CT molecular complexity index is 833. The normalized spacial score (nSPS) is 22.4. The molecule has 3 heterocycles. The second kappa shape index (κ2) is 5.72. The zero-order valence-electron chi connectivity index (χ0n) is 13.7. The van der Waals surface area contributed by atoms with Crippen molar-refractivity contribution in [1.82, 2.24) is 20.2 Å². The smallest absolute Gasteiger partial charge is 0.182 e. The summed E-state index contributed by atoms with van der Waals surface area (Å²) in [6, 6.07) is 7.46. The summed E-state index contributed by atoms with van der Waals surface area (Å²) in [4.78, 5) is 17.2. The molecule has 2 unspecified atom stereocenters. The fraction of sp³-hybridized carbons (Fsp3) is 0.278. The Labute approximate surface area is 140 Å². The molecule has 1 N–H and O–H groups in total. The lowest BCUT2D eigenvalue weighted by atomic mass is 9.90. The molecule has 24 heavy (non-hydrogen) atoms. The lowest BCUT2D eigenvalue weighted by molar-refractivity contribution is 0.0918. The van der Waals surface area contributed by atoms with E-state index in [4.69, 9.17) is 0 Å². The largest absolute Gasteiger partial charge is 0.314 e. The third kappa shape index (κ3) is 2.45. The highest BCUT2D eigenvalue weighted by Gasteiger charge is 2.40. The Balaban J connectivity index is 1.57. The molecule has 0 amide bonds. The SMILES string of the molecule is CN1NC(C(=O)c2ccc(-c3cnn(C)c3)cc2)C2CN=CC=C21. The van der Waals surface area contributed by atoms with Crippen molar-refractivity contribution in [1.29, 1.82) is 0 Å². The minimum Gasteiger partial charge on any atom is -0.314 e. The molecule has 1 fully saturated rings. The van der Waals surface area contributed by atoms with Gasteiger partial charge in [0.1, 0.15) is 0 Å². The number of nitrogens with one attached hydrogen (secondary N) is 1. The maximum absolute atomic E-state index is 12.9. The number of allylic oxidation sites excluding steroid dienone is 1. The van der Waals surface area contributed by atoms with Gasteiger partial charge in [-0.2, -0.15) is 5.10 Å². The second-order valence-electron chi connectivity index (χ2n) is 6.22. The topological polar surface area (TPSA) is 62.5 Å². The fourth-order valence-electron chi connectivity index (χ4n) is 3.35. The van der Waals surface area contributed by atoms with Crippen LogP contribution >= 0.6 is 0 Å². The summed E-state index contributed by atoms with van der Waals surface area (Å²) in [5.74, 6) is 0.204. The minimum atomic E-state index is -0.261. The van der Waals surface area contributed by atoms with Crippen LogP contribution in [0.1, 0.15) is 10.4 Å². The molecule has 2 aliphatic rings. The van der Waals surface area contributed by atoms with Gasteiger partial charge < -0.3 is 5.01 Å². The summed E-state index contributed by atoms with van der Waals surface area (Å²) in [5, 5.41) is 6.11. The average molecular weight is 321 g/mol. The summed E-state index contributed by atoms with van der Waals surface area (Å²) in [6.45, 7) is 0.646. The van der Waals surface area contributed by atoms with E-state index in [1.165, 1.54) is 0 Å². The molecule has 1 saturated heterocycles. The van der Waals surface area contributed by atoms with E-state index in [2.05, 4.69) is 15.5 Å². The van der Waals surface area contributed by atoms with Crippen LogP contribution in [-0.4, -0.2) is 46.4 Å². The Hall–Kier alpha value is -2.73. The molecule has 2 aliphatic heterocycles. The first-order valence-corrected chi connectivity index (χ1v) is 7.96. The lowest BCUT2D eigenvalue weighted by Gasteiger charge is -2.17. The van der Waals surface area contributed by atoms with Gasteiger partial charge in [-0.15, -0.1) is 0 Å². The van der Waals surface area contributed by atoms with E-state index in [9.17, 15) is 4.79 Å². The molecule has 6 heteroatoms. The van der Waals surface area contributed by atoms with Crippen LogP contribution in [0.4, 0.5) is 0 Å². The van der Waals surface area contributed by atoms with Gasteiger partial charge in [0.15, 0.2) is 5.78 Å². The van der Waals surface area contributed by atoms with Crippen molar-refractivity contribution in [2.24, 2.45) is 18.0 Å². The van der Waals surface area contributed by atoms with Crippen molar-refractivity contribution in [2.75, 3.05) is 13.6 Å². The van der Waals surface area contributed by atoms with Crippen LogP contribution < -0.4 is 5.43 Å². The Kier molecular flexibility index (Phi) is 3.54. The van der Waals surface area contributed by atoms with Gasteiger partial charge in [0.25, 0.3) is 0 Å². The van der Waals surface area contributed by atoms with Crippen molar-refractivity contribution in [3.8, 4) is 11.1 Å².